The molecule has 0 aromatic carbocycles. The van der Waals surface area contributed by atoms with Crippen molar-refractivity contribution in [3.05, 3.63) is 11.6 Å². The number of ether oxygens (including phenoxy) is 1. The molecule has 1 fully saturated rings. The molecule has 1 aliphatic heterocycles. The molecule has 0 amide bonds. The summed E-state index contributed by atoms with van der Waals surface area (Å²) in [6.45, 7) is 6.99. The maximum Gasteiger partial charge on any atom is 0.119 e. The summed E-state index contributed by atoms with van der Waals surface area (Å²) in [5, 5.41) is 4.49. The van der Waals surface area contributed by atoms with E-state index in [1.807, 2.05) is 0 Å². The summed E-state index contributed by atoms with van der Waals surface area (Å²) in [5.41, 5.74) is 1.39. The molecule has 1 heterocycles. The average Bonchev–Trinajstić information content (AvgIpc) is 2.71. The first-order valence-electron chi connectivity index (χ1n) is 11.1. The summed E-state index contributed by atoms with van der Waals surface area (Å²) in [5.74, 6) is 0. The molecule has 0 aromatic rings. The Balaban J connectivity index is 0.000000262. The lowest BCUT2D eigenvalue weighted by atomic mass is 9.94. The van der Waals surface area contributed by atoms with Gasteiger partial charge in [0.05, 0.1) is 6.61 Å². The van der Waals surface area contributed by atoms with E-state index in [4.69, 9.17) is 9.62 Å². The molecule has 1 unspecified atom stereocenters. The molecule has 1 atom stereocenters. The second-order valence-corrected chi connectivity index (χ2v) is 7.38. The van der Waals surface area contributed by atoms with E-state index < -0.39 is 0 Å². The summed E-state index contributed by atoms with van der Waals surface area (Å²) in [7, 11) is 0. The van der Waals surface area contributed by atoms with Gasteiger partial charge in [0.25, 0.3) is 0 Å². The molecule has 4 heteroatoms. The van der Waals surface area contributed by atoms with Crippen LogP contribution in [0.25, 0.3) is 0 Å². The molecule has 2 aliphatic rings. The lowest BCUT2D eigenvalue weighted by Crippen LogP contribution is -2.24. The molecule has 0 bridgehead atoms. The Hall–Kier alpha value is -0.420. The number of unbranched alkanes of at least 4 members (excludes halogenated alkanes) is 7. The van der Waals surface area contributed by atoms with Gasteiger partial charge in [-0.3, -0.25) is 0 Å². The third-order valence-electron chi connectivity index (χ3n) is 4.90. The first kappa shape index (κ1) is 23.6. The quantitative estimate of drug-likeness (QED) is 0.218. The fourth-order valence-electron chi connectivity index (χ4n) is 3.30. The predicted octanol–water partition coefficient (Wildman–Crippen LogP) is 6.69. The molecular weight excluding hydrogens is 328 g/mol. The highest BCUT2D eigenvalue weighted by Gasteiger charge is 2.21. The van der Waals surface area contributed by atoms with Crippen LogP contribution in [0.15, 0.2) is 11.6 Å². The molecular formula is C22H42O4. The van der Waals surface area contributed by atoms with E-state index in [0.29, 0.717) is 6.61 Å². The van der Waals surface area contributed by atoms with Gasteiger partial charge in [0.1, 0.15) is 6.10 Å². The van der Waals surface area contributed by atoms with Crippen LogP contribution in [0.4, 0.5) is 0 Å². The van der Waals surface area contributed by atoms with Gasteiger partial charge in [0.15, 0.2) is 0 Å². The normalized spacial score (nSPS) is 20.2. The summed E-state index contributed by atoms with van der Waals surface area (Å²) in [4.78, 5) is 9.67. The Bertz CT molecular complexity index is 312. The predicted molar refractivity (Wildman–Crippen MR) is 107 cm³/mol. The van der Waals surface area contributed by atoms with E-state index in [1.54, 1.807) is 0 Å². The van der Waals surface area contributed by atoms with Crippen LogP contribution in [0, 0.1) is 0 Å². The van der Waals surface area contributed by atoms with Crippen LogP contribution in [-0.4, -0.2) is 25.9 Å². The van der Waals surface area contributed by atoms with Crippen LogP contribution in [-0.2, 0) is 19.6 Å². The van der Waals surface area contributed by atoms with E-state index in [2.05, 4.69) is 29.8 Å². The van der Waals surface area contributed by atoms with Gasteiger partial charge in [-0.2, -0.15) is 4.89 Å². The Kier molecular flexibility index (Phi) is 16.3. The molecule has 0 saturated carbocycles. The summed E-state index contributed by atoms with van der Waals surface area (Å²) in [6.07, 6.45) is 20.5. The second-order valence-electron chi connectivity index (χ2n) is 7.38. The van der Waals surface area contributed by atoms with Crippen LogP contribution in [0.1, 0.15) is 104 Å². The fourth-order valence-corrected chi connectivity index (χ4v) is 3.30. The van der Waals surface area contributed by atoms with Gasteiger partial charge in [0.2, 0.25) is 0 Å². The lowest BCUT2D eigenvalue weighted by Gasteiger charge is -2.24. The molecule has 0 aromatic heterocycles. The third kappa shape index (κ3) is 12.9. The minimum Gasteiger partial charge on any atom is -0.381 e. The van der Waals surface area contributed by atoms with Crippen molar-refractivity contribution in [1.82, 2.24) is 0 Å². The van der Waals surface area contributed by atoms with Crippen molar-refractivity contribution in [2.45, 2.75) is 110 Å². The van der Waals surface area contributed by atoms with Gasteiger partial charge >= 0.3 is 0 Å². The third-order valence-corrected chi connectivity index (χ3v) is 4.90. The highest BCUT2D eigenvalue weighted by molar-refractivity contribution is 5.10. The first-order chi connectivity index (χ1) is 12.9. The van der Waals surface area contributed by atoms with E-state index in [0.717, 1.165) is 32.5 Å². The molecule has 1 saturated heterocycles. The maximum atomic E-state index is 5.43. The zero-order valence-corrected chi connectivity index (χ0v) is 17.3. The lowest BCUT2D eigenvalue weighted by molar-refractivity contribution is -0.544. The maximum absolute atomic E-state index is 5.43. The van der Waals surface area contributed by atoms with Crippen molar-refractivity contribution in [1.29, 1.82) is 0 Å². The molecule has 2 rings (SSSR count). The van der Waals surface area contributed by atoms with E-state index in [9.17, 15) is 0 Å². The van der Waals surface area contributed by atoms with Gasteiger partial charge < -0.3 is 4.74 Å². The van der Waals surface area contributed by atoms with Crippen LogP contribution >= 0.6 is 0 Å². The molecule has 0 N–H and O–H groups in total. The van der Waals surface area contributed by atoms with Crippen LogP contribution < -0.4 is 0 Å². The SMILES string of the molecule is C1=C(C2CCOOO2)CCCC1.CCCCCCCCCCOCCC. The fraction of sp³-hybridized carbons (Fsp3) is 0.909. The van der Waals surface area contributed by atoms with Crippen molar-refractivity contribution < 1.29 is 19.6 Å². The minimum atomic E-state index is 0.152. The smallest absolute Gasteiger partial charge is 0.119 e. The van der Waals surface area contributed by atoms with Crippen molar-refractivity contribution in [3.63, 3.8) is 0 Å². The molecule has 1 aliphatic carbocycles. The van der Waals surface area contributed by atoms with Crippen LogP contribution in [0.5, 0.6) is 0 Å². The Morgan fingerprint density at radius 2 is 1.69 bits per heavy atom. The summed E-state index contributed by atoms with van der Waals surface area (Å²) >= 11 is 0. The Labute approximate surface area is 161 Å². The zero-order chi connectivity index (χ0) is 18.7. The van der Waals surface area contributed by atoms with E-state index in [1.165, 1.54) is 76.2 Å². The van der Waals surface area contributed by atoms with Crippen molar-refractivity contribution >= 4 is 0 Å². The van der Waals surface area contributed by atoms with Gasteiger partial charge in [-0.1, -0.05) is 69.9 Å². The molecule has 4 nitrogen and oxygen atoms in total. The minimum absolute atomic E-state index is 0.152. The van der Waals surface area contributed by atoms with Crippen molar-refractivity contribution in [2.24, 2.45) is 0 Å². The standard InChI is InChI=1S/C13H28O.C9H14O3/c1-3-5-6-7-8-9-10-11-13-14-12-4-2;1-2-4-8(5-3-1)9-6-7-10-12-11-9/h3-13H2,1-2H3;4,9H,1-3,5-7H2. The van der Waals surface area contributed by atoms with Crippen molar-refractivity contribution in [2.75, 3.05) is 19.8 Å². The average molecular weight is 371 g/mol. The summed E-state index contributed by atoms with van der Waals surface area (Å²) < 4.78 is 5.43. The summed E-state index contributed by atoms with van der Waals surface area (Å²) in [6, 6.07) is 0. The highest BCUT2D eigenvalue weighted by atomic mass is 17.5. The largest absolute Gasteiger partial charge is 0.381 e. The Morgan fingerprint density at radius 3 is 2.31 bits per heavy atom. The monoisotopic (exact) mass is 370 g/mol. The van der Waals surface area contributed by atoms with Crippen LogP contribution in [0.2, 0.25) is 0 Å². The van der Waals surface area contributed by atoms with Gasteiger partial charge in [0, 0.05) is 19.6 Å². The second kappa shape index (κ2) is 18.0. The van der Waals surface area contributed by atoms with Gasteiger partial charge in [-0.25, -0.2) is 4.89 Å². The molecule has 154 valence electrons. The molecule has 26 heavy (non-hydrogen) atoms. The topological polar surface area (TPSA) is 36.9 Å². The van der Waals surface area contributed by atoms with Crippen molar-refractivity contribution in [3.8, 4) is 0 Å². The number of hydrogen-bond acceptors (Lipinski definition) is 4. The van der Waals surface area contributed by atoms with E-state index >= 15 is 0 Å². The number of allylic oxidation sites excluding steroid dienone is 1. The number of rotatable bonds is 12. The van der Waals surface area contributed by atoms with Gasteiger partial charge in [-0.05, 0) is 44.1 Å². The van der Waals surface area contributed by atoms with E-state index in [-0.39, 0.29) is 6.10 Å². The number of hydrogen-bond donors (Lipinski definition) is 0. The Morgan fingerprint density at radius 1 is 0.923 bits per heavy atom. The highest BCUT2D eigenvalue weighted by Crippen LogP contribution is 2.25. The van der Waals surface area contributed by atoms with Crippen LogP contribution in [0.3, 0.4) is 0 Å². The molecule has 0 radical (unpaired) electrons. The first-order valence-corrected chi connectivity index (χ1v) is 11.1. The zero-order valence-electron chi connectivity index (χ0n) is 17.3. The molecule has 0 spiro atoms. The van der Waals surface area contributed by atoms with Gasteiger partial charge in [-0.15, -0.1) is 0 Å².